The first-order valence-corrected chi connectivity index (χ1v) is 38.2. The Balaban J connectivity index is -0.00000146. The van der Waals surface area contributed by atoms with Crippen molar-refractivity contribution in [3.8, 4) is 0 Å². The van der Waals surface area contributed by atoms with Crippen molar-refractivity contribution in [2.24, 2.45) is 11.5 Å². The first-order chi connectivity index (χ1) is 59.2. The molecule has 680 valence electrons. The second-order valence-corrected chi connectivity index (χ2v) is 26.2. The summed E-state index contributed by atoms with van der Waals surface area (Å²) in [4.78, 5) is 158. The van der Waals surface area contributed by atoms with Crippen molar-refractivity contribution in [3.05, 3.63) is 232 Å². The van der Waals surface area contributed by atoms with Gasteiger partial charge in [-0.05, 0) is 40.3 Å². The molecule has 0 aliphatic rings. The number of amides is 7. The Morgan fingerprint density at radius 2 is 0.736 bits per heavy atom. The van der Waals surface area contributed by atoms with Gasteiger partial charge in [-0.15, -0.1) is 0 Å². The van der Waals surface area contributed by atoms with Crippen LogP contribution in [0.3, 0.4) is 0 Å². The Hall–Kier alpha value is -9.67. The molecule has 7 amide bonds. The fraction of sp³-hybridized carbons (Fsp3) is 0.256. The second kappa shape index (κ2) is 63.4. The number of benzene rings is 5. The number of hydrogen-bond acceptors (Lipinski definition) is 29. The Bertz CT molecular complexity index is 5680. The zero-order valence-electron chi connectivity index (χ0n) is 73.7. The largest absolute Gasteiger partial charge is 1.00 e. The van der Waals surface area contributed by atoms with Crippen LogP contribution in [0.25, 0.3) is 65.7 Å². The molecule has 5 aromatic carbocycles. The van der Waals surface area contributed by atoms with Crippen LogP contribution in [-0.2, 0) is 24.1 Å². The van der Waals surface area contributed by atoms with Crippen LogP contribution in [0.1, 0.15) is 148 Å². The molecule has 12 aromatic rings. The van der Waals surface area contributed by atoms with Crippen molar-refractivity contribution in [2.45, 2.75) is 72.4 Å². The number of carbonyl (C=O) groups is 9. The van der Waals surface area contributed by atoms with Crippen molar-refractivity contribution in [1.82, 2.24) is 107 Å². The first-order valence-electron chi connectivity index (χ1n) is 37.1. The quantitative estimate of drug-likeness (QED) is 0.0172. The monoisotopic (exact) mass is 1950 g/mol. The van der Waals surface area contributed by atoms with Crippen LogP contribution in [0, 0.1) is 0 Å². The number of hydrogen-bond donors (Lipinski definition) is 10. The number of nitrogens with one attached hydrogen (secondary N) is 8. The molecular formula is C82H97Cl3F3K2N24O12S3-. The maximum absolute atomic E-state index is 12.0. The number of nitrogens with two attached hydrogens (primary N) is 2. The van der Waals surface area contributed by atoms with E-state index < -0.39 is 12.1 Å². The smallest absolute Gasteiger partial charge is 1.00 e. The molecule has 12 rings (SSSR count). The number of nitrogens with zero attached hydrogens (tertiary/aromatic N) is 14. The third kappa shape index (κ3) is 37.6. The van der Waals surface area contributed by atoms with E-state index in [0.29, 0.717) is 110 Å². The third-order valence-electron chi connectivity index (χ3n) is 16.9. The summed E-state index contributed by atoms with van der Waals surface area (Å²) in [6, 6.07) is 31.3. The van der Waals surface area contributed by atoms with Crippen molar-refractivity contribution in [3.63, 3.8) is 0 Å². The Morgan fingerprint density at radius 3 is 1.02 bits per heavy atom. The summed E-state index contributed by atoms with van der Waals surface area (Å²) in [6.45, 7) is 23.1. The minimum absolute atomic E-state index is 0. The van der Waals surface area contributed by atoms with Crippen LogP contribution in [0.2, 0.25) is 15.5 Å². The van der Waals surface area contributed by atoms with Gasteiger partial charge in [0.15, 0.2) is 0 Å². The van der Waals surface area contributed by atoms with Gasteiger partial charge < -0.3 is 75.5 Å². The first kappa shape index (κ1) is 121. The average molecular weight is 1950 g/mol. The summed E-state index contributed by atoms with van der Waals surface area (Å²) in [6.07, 6.45) is 4.48. The standard InChI is InChI=1S/C17H17ClN6O.C15H18N4O2.C15H16N4O2.C13H16N4O.C13H14N4O.C4H2Cl2N2.C2HF3O2.C2H6.CH2O3.2K.3H2S.H/c1-10(7-20-14-6-13(18)21-8-22-14)11-4-3-5-12-15(11)23-9-24-16(12)17(25)19-2;2*1-9(7-17-10(2)20)11-5-4-6-12-13(11)18-8-19-14(12)15(21)16-3;2*1-8(6-14)9-4-3-5-10-11(9)16-7-17-12(10)13(18)15-2;5-3-1-4(6)8-2-7-3;3-2(4,5)1(6)7;1-2;2-1-4-3;;;;;;/h3-6,8-10H,7H2,1-2H3,(H,19,25)(H,20,21,22);4-6,8-9H,7H2,1-3H3,(H,16,21)(H,17,20);4-6,8H,1,7H2,2-3H3,(H,16,21)(H,17,20);3-5,7-8H,6,14H2,1-2H3,(H,15,18);3-5,7H,1,6,14H2,2H3,(H,15,18);1-2H;(H,6,7);1-2H3;1,3H;;;3*1H2;/q;;;;;;;;;2*+1;;;;-1/p-2/t10-;9-;;8-;;;;;;;;;;;/m11.1.........../s1. The molecule has 0 aliphatic heterocycles. The number of rotatable bonds is 20. The number of carboxylic acid groups (broad SMARTS) is 1. The van der Waals surface area contributed by atoms with E-state index in [-0.39, 0.29) is 210 Å². The van der Waals surface area contributed by atoms with E-state index in [0.717, 1.165) is 66.3 Å². The summed E-state index contributed by atoms with van der Waals surface area (Å²) in [5, 5.41) is 43.5. The molecule has 0 fully saturated rings. The fourth-order valence-corrected chi connectivity index (χ4v) is 11.3. The summed E-state index contributed by atoms with van der Waals surface area (Å²) in [5.74, 6) is -3.32. The van der Waals surface area contributed by atoms with E-state index in [1.807, 2.05) is 113 Å². The van der Waals surface area contributed by atoms with Gasteiger partial charge in [0, 0.05) is 137 Å². The maximum Gasteiger partial charge on any atom is 1.00 e. The molecule has 47 heteroatoms. The molecule has 7 heterocycles. The second-order valence-electron chi connectivity index (χ2n) is 25.1. The van der Waals surface area contributed by atoms with Gasteiger partial charge >= 0.3 is 109 Å². The fourth-order valence-electron chi connectivity index (χ4n) is 10.8. The number of alkyl halides is 3. The summed E-state index contributed by atoms with van der Waals surface area (Å²) in [7, 11) is 7.86. The van der Waals surface area contributed by atoms with Crippen LogP contribution < -0.4 is 167 Å². The number of para-hydroxylation sites is 5. The van der Waals surface area contributed by atoms with Crippen LogP contribution in [0.5, 0.6) is 0 Å². The normalized spacial score (nSPS) is 10.5. The number of fused-ring (bicyclic) bond motifs is 5. The average Bonchev–Trinajstić information content (AvgIpc) is 0.796. The van der Waals surface area contributed by atoms with Gasteiger partial charge in [0.25, 0.3) is 36.0 Å². The van der Waals surface area contributed by atoms with E-state index in [1.165, 1.54) is 64.2 Å². The van der Waals surface area contributed by atoms with Crippen molar-refractivity contribution < 1.29 is 176 Å². The van der Waals surface area contributed by atoms with Crippen LogP contribution in [0.4, 0.5) is 19.0 Å². The maximum atomic E-state index is 12.0. The van der Waals surface area contributed by atoms with Gasteiger partial charge in [-0.3, -0.25) is 38.4 Å². The van der Waals surface area contributed by atoms with Gasteiger partial charge in [-0.25, -0.2) is 69.8 Å². The molecular weight excluding hydrogens is 1850 g/mol. The van der Waals surface area contributed by atoms with Gasteiger partial charge in [-0.2, -0.15) is 53.7 Å². The zero-order chi connectivity index (χ0) is 92.3. The molecule has 0 saturated heterocycles. The molecule has 7 aromatic heterocycles. The van der Waals surface area contributed by atoms with Crippen molar-refractivity contribution in [1.29, 1.82) is 0 Å². The molecule has 12 N–H and O–H groups in total. The summed E-state index contributed by atoms with van der Waals surface area (Å²) in [5.41, 5.74) is 22.9. The van der Waals surface area contributed by atoms with Crippen LogP contribution in [-0.4, -0.2) is 198 Å². The minimum Gasteiger partial charge on any atom is -1.00 e. The van der Waals surface area contributed by atoms with Crippen molar-refractivity contribution in [2.75, 3.05) is 73.3 Å². The number of aromatic nitrogens is 14. The Kier molecular flexibility index (Phi) is 59.6. The zero-order valence-corrected chi connectivity index (χ0v) is 84.2. The molecule has 0 bridgehead atoms. The van der Waals surface area contributed by atoms with Crippen molar-refractivity contribution >= 4 is 201 Å². The van der Waals surface area contributed by atoms with Gasteiger partial charge in [-0.1, -0.05) is 174 Å². The predicted molar refractivity (Wildman–Crippen MR) is 493 cm³/mol. The van der Waals surface area contributed by atoms with E-state index >= 15 is 0 Å². The minimum atomic E-state index is -5.19. The van der Waals surface area contributed by atoms with Gasteiger partial charge in [0.1, 0.15) is 100 Å². The Labute approximate surface area is 863 Å². The van der Waals surface area contributed by atoms with E-state index in [9.17, 15) is 46.7 Å². The molecule has 0 radical (unpaired) electrons. The van der Waals surface area contributed by atoms with E-state index in [1.54, 1.807) is 47.4 Å². The molecule has 129 heavy (non-hydrogen) atoms. The third-order valence-corrected chi connectivity index (χ3v) is 17.5. The van der Waals surface area contributed by atoms with E-state index in [4.69, 9.17) is 66.2 Å². The molecule has 0 spiro atoms. The Morgan fingerprint density at radius 1 is 0.457 bits per heavy atom. The van der Waals surface area contributed by atoms with Gasteiger partial charge in [0.05, 0.1) is 27.6 Å². The number of carboxylic acids is 1. The number of carbonyl (C=O) groups excluding carboxylic acids is 9. The molecule has 3 atom stereocenters. The summed E-state index contributed by atoms with van der Waals surface area (Å²) >= 11 is 16.7. The van der Waals surface area contributed by atoms with Gasteiger partial charge in [0.2, 0.25) is 11.8 Å². The van der Waals surface area contributed by atoms with Crippen LogP contribution >= 0.6 is 75.3 Å². The summed E-state index contributed by atoms with van der Waals surface area (Å²) < 4.78 is 31.5. The molecule has 0 unspecified atom stereocenters. The molecule has 36 nitrogen and oxygen atoms in total. The number of halogens is 6. The molecule has 0 aliphatic carbocycles. The van der Waals surface area contributed by atoms with E-state index in [2.05, 4.69) is 137 Å². The topological polar surface area (TPSA) is 538 Å². The SMILES string of the molecule is C=C(CN)c1cccc2c(C(=O)NC)ncnc12.C=C(CNC(C)=O)c1cccc2c(C(=O)NC)ncnc12.CC.CNC(=O)c1ncnc2c([C@H](C)CN)cccc12.CNC(=O)c1ncnc2c([C@H](C)CNC(C)=O)cccc12.CNC(=O)c1ncnc2c([C@H](C)CNc3cc(Cl)ncn3)cccc12.Clc1cc(Cl)ncn1.O=C([O-])C(F)(F)F.O=CO[O-].S.S.S.[H-].[K+].[K+]. The predicted octanol–water partition coefficient (Wildman–Crippen LogP) is 2.03. The number of anilines is 1. The molecule has 0 saturated carbocycles. The van der Waals surface area contributed by atoms with Crippen LogP contribution in [0.15, 0.2) is 161 Å². The number of aliphatic carboxylic acids is 1.